The highest BCUT2D eigenvalue weighted by atomic mass is 16.5. The number of methoxy groups -OCH3 is 2. The van der Waals surface area contributed by atoms with Crippen LogP contribution in [0.5, 0.6) is 0 Å². The molecule has 0 N–H and O–H groups in total. The second kappa shape index (κ2) is 13.1. The second-order valence-electron chi connectivity index (χ2n) is 3.70. The summed E-state index contributed by atoms with van der Waals surface area (Å²) in [5.74, 6) is -0.694. The first-order valence-electron chi connectivity index (χ1n) is 5.84. The highest BCUT2D eigenvalue weighted by molar-refractivity contribution is 5.87. The maximum atomic E-state index is 10.2. The van der Waals surface area contributed by atoms with Crippen LogP contribution in [-0.4, -0.2) is 26.2 Å². The van der Waals surface area contributed by atoms with Gasteiger partial charge in [-0.05, 0) is 13.8 Å². The van der Waals surface area contributed by atoms with E-state index in [0.29, 0.717) is 11.1 Å². The highest BCUT2D eigenvalue weighted by Crippen LogP contribution is 1.87. The lowest BCUT2D eigenvalue weighted by atomic mass is 10.4. The number of hydrogen-bond acceptors (Lipinski definition) is 4. The van der Waals surface area contributed by atoms with Gasteiger partial charge < -0.3 is 9.47 Å². The average molecular weight is 278 g/mol. The van der Waals surface area contributed by atoms with E-state index in [9.17, 15) is 9.59 Å². The maximum absolute atomic E-state index is 10.2. The molecule has 1 aromatic carbocycles. The van der Waals surface area contributed by atoms with Gasteiger partial charge in [-0.1, -0.05) is 49.6 Å². The third kappa shape index (κ3) is 13.7. The maximum Gasteiger partial charge on any atom is 0.332 e. The Hall–Kier alpha value is -2.36. The summed E-state index contributed by atoms with van der Waals surface area (Å²) >= 11 is 0. The fourth-order valence-electron chi connectivity index (χ4n) is 0.733. The molecule has 0 saturated carbocycles. The number of carbonyl (C=O) groups excluding carboxylic acids is 2. The van der Waals surface area contributed by atoms with E-state index in [-0.39, 0.29) is 11.9 Å². The fraction of sp³-hybridized carbons (Fsp3) is 0.250. The minimum atomic E-state index is -0.347. The smallest absolute Gasteiger partial charge is 0.332 e. The average Bonchev–Trinajstić information content (AvgIpc) is 2.48. The zero-order chi connectivity index (χ0) is 16.0. The Morgan fingerprint density at radius 1 is 0.700 bits per heavy atom. The van der Waals surface area contributed by atoms with E-state index in [0.717, 1.165) is 0 Å². The molecule has 0 radical (unpaired) electrons. The lowest BCUT2D eigenvalue weighted by Crippen LogP contribution is -1.98. The quantitative estimate of drug-likeness (QED) is 0.616. The van der Waals surface area contributed by atoms with Crippen molar-refractivity contribution in [1.82, 2.24) is 0 Å². The molecule has 0 bridgehead atoms. The SMILES string of the molecule is C=C(C)C(=O)OC.C=C(C)C(=O)OC.c1ccccc1. The van der Waals surface area contributed by atoms with Crippen LogP contribution in [0.15, 0.2) is 60.7 Å². The number of hydrogen-bond donors (Lipinski definition) is 0. The van der Waals surface area contributed by atoms with Crippen molar-refractivity contribution in [3.63, 3.8) is 0 Å². The minimum Gasteiger partial charge on any atom is -0.466 e. The molecule has 0 aliphatic rings. The Morgan fingerprint density at radius 3 is 0.950 bits per heavy atom. The summed E-state index contributed by atoms with van der Waals surface area (Å²) in [6, 6.07) is 12.0. The first-order chi connectivity index (χ1) is 9.36. The van der Waals surface area contributed by atoms with E-state index in [1.807, 2.05) is 36.4 Å². The molecule has 0 aliphatic heterocycles. The van der Waals surface area contributed by atoms with Crippen LogP contribution in [-0.2, 0) is 19.1 Å². The molecule has 20 heavy (non-hydrogen) atoms. The highest BCUT2D eigenvalue weighted by Gasteiger charge is 1.96. The normalized spacial score (nSPS) is 7.80. The summed E-state index contributed by atoms with van der Waals surface area (Å²) in [5.41, 5.74) is 0.866. The third-order valence-electron chi connectivity index (χ3n) is 1.73. The van der Waals surface area contributed by atoms with E-state index in [1.165, 1.54) is 14.2 Å². The molecule has 1 aromatic rings. The molecule has 4 nitrogen and oxygen atoms in total. The van der Waals surface area contributed by atoms with Gasteiger partial charge >= 0.3 is 11.9 Å². The molecule has 0 fully saturated rings. The Balaban J connectivity index is 0. The van der Waals surface area contributed by atoms with Gasteiger partial charge in [-0.2, -0.15) is 0 Å². The molecule has 0 spiro atoms. The molecule has 0 aliphatic carbocycles. The monoisotopic (exact) mass is 278 g/mol. The van der Waals surface area contributed by atoms with Gasteiger partial charge in [0.15, 0.2) is 0 Å². The summed E-state index contributed by atoms with van der Waals surface area (Å²) in [6.45, 7) is 9.91. The van der Waals surface area contributed by atoms with Crippen LogP contribution in [0.2, 0.25) is 0 Å². The number of ether oxygens (including phenoxy) is 2. The number of esters is 2. The first-order valence-corrected chi connectivity index (χ1v) is 5.84. The van der Waals surface area contributed by atoms with Crippen LogP contribution < -0.4 is 0 Å². The summed E-state index contributed by atoms with van der Waals surface area (Å²) in [7, 11) is 2.66. The second-order valence-corrected chi connectivity index (χ2v) is 3.70. The largest absolute Gasteiger partial charge is 0.466 e. The summed E-state index contributed by atoms with van der Waals surface area (Å²) in [6.07, 6.45) is 0. The fourth-order valence-corrected chi connectivity index (χ4v) is 0.733. The van der Waals surface area contributed by atoms with Crippen molar-refractivity contribution in [2.24, 2.45) is 0 Å². The van der Waals surface area contributed by atoms with E-state index >= 15 is 0 Å². The van der Waals surface area contributed by atoms with Gasteiger partial charge in [-0.25, -0.2) is 9.59 Å². The number of carbonyl (C=O) groups is 2. The van der Waals surface area contributed by atoms with Crippen LogP contribution in [0.4, 0.5) is 0 Å². The molecule has 0 unspecified atom stereocenters. The zero-order valence-corrected chi connectivity index (χ0v) is 12.5. The van der Waals surface area contributed by atoms with Gasteiger partial charge in [0, 0.05) is 11.1 Å². The molecular formula is C16H22O4. The van der Waals surface area contributed by atoms with Crippen molar-refractivity contribution in [1.29, 1.82) is 0 Å². The molecule has 0 atom stereocenters. The van der Waals surface area contributed by atoms with E-state index in [2.05, 4.69) is 22.6 Å². The Bertz CT molecular complexity index is 369. The Morgan fingerprint density at radius 2 is 0.900 bits per heavy atom. The third-order valence-corrected chi connectivity index (χ3v) is 1.73. The van der Waals surface area contributed by atoms with Crippen LogP contribution in [0.3, 0.4) is 0 Å². The van der Waals surface area contributed by atoms with Gasteiger partial charge in [-0.15, -0.1) is 0 Å². The molecule has 0 saturated heterocycles. The molecular weight excluding hydrogens is 256 g/mol. The van der Waals surface area contributed by atoms with Crippen molar-refractivity contribution < 1.29 is 19.1 Å². The first kappa shape index (κ1) is 20.0. The van der Waals surface area contributed by atoms with Gasteiger partial charge in [-0.3, -0.25) is 0 Å². The van der Waals surface area contributed by atoms with Gasteiger partial charge in [0.1, 0.15) is 0 Å². The van der Waals surface area contributed by atoms with Gasteiger partial charge in [0.25, 0.3) is 0 Å². The lowest BCUT2D eigenvalue weighted by Gasteiger charge is -1.91. The molecule has 0 heterocycles. The number of benzene rings is 1. The van der Waals surface area contributed by atoms with Crippen molar-refractivity contribution in [3.05, 3.63) is 60.7 Å². The topological polar surface area (TPSA) is 52.6 Å². The van der Waals surface area contributed by atoms with Crippen molar-refractivity contribution in [2.75, 3.05) is 14.2 Å². The van der Waals surface area contributed by atoms with Gasteiger partial charge in [0.05, 0.1) is 14.2 Å². The summed E-state index contributed by atoms with van der Waals surface area (Å²) < 4.78 is 8.55. The van der Waals surface area contributed by atoms with Crippen molar-refractivity contribution in [2.45, 2.75) is 13.8 Å². The summed E-state index contributed by atoms with van der Waals surface area (Å²) in [5, 5.41) is 0. The summed E-state index contributed by atoms with van der Waals surface area (Å²) in [4.78, 5) is 20.4. The van der Waals surface area contributed by atoms with Gasteiger partial charge in [0.2, 0.25) is 0 Å². The van der Waals surface area contributed by atoms with Crippen LogP contribution >= 0.6 is 0 Å². The minimum absolute atomic E-state index is 0.347. The van der Waals surface area contributed by atoms with Crippen molar-refractivity contribution in [3.8, 4) is 0 Å². The van der Waals surface area contributed by atoms with Crippen LogP contribution in [0.1, 0.15) is 13.8 Å². The molecule has 110 valence electrons. The molecule has 4 heteroatoms. The molecule has 0 aromatic heterocycles. The molecule has 0 amide bonds. The van der Waals surface area contributed by atoms with E-state index < -0.39 is 0 Å². The standard InChI is InChI=1S/C6H6.2C5H8O2/c1-2-4-6-5-3-1;2*1-4(2)5(6)7-3/h1-6H;2*1H2,2-3H3. The van der Waals surface area contributed by atoms with Crippen LogP contribution in [0.25, 0.3) is 0 Å². The Kier molecular flexibility index (Phi) is 13.1. The van der Waals surface area contributed by atoms with Crippen LogP contribution in [0, 0.1) is 0 Å². The number of rotatable bonds is 2. The zero-order valence-electron chi connectivity index (χ0n) is 12.5. The predicted octanol–water partition coefficient (Wildman–Crippen LogP) is 3.16. The van der Waals surface area contributed by atoms with E-state index in [1.54, 1.807) is 13.8 Å². The predicted molar refractivity (Wildman–Crippen MR) is 80.1 cm³/mol. The Labute approximate surface area is 120 Å². The lowest BCUT2D eigenvalue weighted by molar-refractivity contribution is -0.136. The molecule has 1 rings (SSSR count). The van der Waals surface area contributed by atoms with Crippen molar-refractivity contribution >= 4 is 11.9 Å². The van der Waals surface area contributed by atoms with E-state index in [4.69, 9.17) is 0 Å².